The van der Waals surface area contributed by atoms with Crippen LogP contribution in [0.2, 0.25) is 10.0 Å². The molecule has 8 aromatic rings. The van der Waals surface area contributed by atoms with Crippen LogP contribution in [0, 0.1) is 17.9 Å². The third kappa shape index (κ3) is 7.28. The number of nitrogens with one attached hydrogen (secondary N) is 1. The minimum Gasteiger partial charge on any atom is -0.386 e. The van der Waals surface area contributed by atoms with Crippen LogP contribution in [0.1, 0.15) is 39.9 Å². The quantitative estimate of drug-likeness (QED) is 0.159. The van der Waals surface area contributed by atoms with E-state index < -0.39 is 0 Å². The van der Waals surface area contributed by atoms with Crippen LogP contribution >= 0.6 is 23.2 Å². The van der Waals surface area contributed by atoms with Gasteiger partial charge in [-0.15, -0.1) is 0 Å². The highest BCUT2D eigenvalue weighted by atomic mass is 35.5. The van der Waals surface area contributed by atoms with Crippen molar-refractivity contribution < 1.29 is 0 Å². The normalized spacial score (nSPS) is 10.9. The third-order valence-electron chi connectivity index (χ3n) is 9.17. The third-order valence-corrected chi connectivity index (χ3v) is 9.72. The fourth-order valence-corrected chi connectivity index (χ4v) is 7.33. The van der Waals surface area contributed by atoms with Gasteiger partial charge >= 0.3 is 0 Å². The molecular weight excluding hydrogens is 711 g/mol. The smallest absolute Gasteiger partial charge is 0.250 e. The van der Waals surface area contributed by atoms with E-state index in [0.717, 1.165) is 22.3 Å². The molecule has 0 aliphatic rings. The highest BCUT2D eigenvalue weighted by Gasteiger charge is 2.24. The monoisotopic (exact) mass is 742 g/mol. The maximum Gasteiger partial charge on any atom is 0.250 e. The molecule has 8 rings (SSSR count). The summed E-state index contributed by atoms with van der Waals surface area (Å²) in [5.41, 5.74) is 13.0. The number of nitrogens with two attached hydrogens (primary N) is 1. The fraction of sp³-hybridized carbons (Fsp3) is 0.0444. The maximum absolute atomic E-state index is 12.8. The second kappa shape index (κ2) is 15.9. The number of aromatic nitrogens is 3. The summed E-state index contributed by atoms with van der Waals surface area (Å²) in [5, 5.41) is 11.6. The number of nitrogen functional groups attached to an aromatic ring is 1. The number of nitriles is 1. The Balaban J connectivity index is 0.000000184. The first kappa shape index (κ1) is 35.6. The average Bonchev–Trinajstić information content (AvgIpc) is 3.76. The molecule has 0 saturated heterocycles. The van der Waals surface area contributed by atoms with Gasteiger partial charge in [0.25, 0.3) is 0 Å². The van der Waals surface area contributed by atoms with Crippen molar-refractivity contribution in [1.29, 1.82) is 5.26 Å². The van der Waals surface area contributed by atoms with Crippen molar-refractivity contribution in [2.24, 2.45) is 0 Å². The van der Waals surface area contributed by atoms with Gasteiger partial charge in [0.2, 0.25) is 11.2 Å². The molecule has 0 bridgehead atoms. The number of nitrogens with zero attached hydrogens (tertiary/aromatic N) is 4. The summed E-state index contributed by atoms with van der Waals surface area (Å²) < 4.78 is 3.91. The maximum atomic E-state index is 12.8. The van der Waals surface area contributed by atoms with Gasteiger partial charge < -0.3 is 19.9 Å². The summed E-state index contributed by atoms with van der Waals surface area (Å²) in [5.74, 6) is 0.596. The number of rotatable bonds is 7. The summed E-state index contributed by atoms with van der Waals surface area (Å²) in [6.45, 7) is 7.16. The van der Waals surface area contributed by atoms with E-state index in [1.807, 2.05) is 112 Å². The number of fused-ring (bicyclic) bond motifs is 1. The molecule has 0 aliphatic carbocycles. The van der Waals surface area contributed by atoms with E-state index in [1.54, 1.807) is 30.5 Å². The number of H-pyrrole nitrogens is 1. The Morgan fingerprint density at radius 1 is 0.667 bits per heavy atom. The van der Waals surface area contributed by atoms with Crippen LogP contribution in [0.15, 0.2) is 169 Å². The predicted molar refractivity (Wildman–Crippen MR) is 218 cm³/mol. The van der Waals surface area contributed by atoms with Crippen molar-refractivity contribution in [1.82, 2.24) is 14.1 Å². The molecule has 0 amide bonds. The van der Waals surface area contributed by atoms with Crippen LogP contribution in [0.3, 0.4) is 0 Å². The molecule has 3 N–H and O–H groups in total. The Morgan fingerprint density at radius 3 is 1.61 bits per heavy atom. The summed E-state index contributed by atoms with van der Waals surface area (Å²) in [6.07, 6.45) is 3.60. The number of halogens is 2. The Labute approximate surface area is 322 Å². The number of hydrogen-bond acceptors (Lipinski definition) is 3. The van der Waals surface area contributed by atoms with Crippen molar-refractivity contribution in [2.75, 3.05) is 5.73 Å². The lowest BCUT2D eigenvalue weighted by Crippen LogP contribution is -2.14. The van der Waals surface area contributed by atoms with Crippen LogP contribution in [-0.2, 0) is 0 Å². The molecule has 3 aromatic heterocycles. The molecular formula is C45H32Cl2N6O. The van der Waals surface area contributed by atoms with Crippen molar-refractivity contribution >= 4 is 45.7 Å². The van der Waals surface area contributed by atoms with Crippen LogP contribution in [0.25, 0.3) is 27.0 Å². The topological polar surface area (TPSA) is 96.9 Å². The van der Waals surface area contributed by atoms with Gasteiger partial charge in [0, 0.05) is 45.0 Å². The Kier molecular flexibility index (Phi) is 10.5. The number of aromatic amines is 1. The van der Waals surface area contributed by atoms with E-state index in [4.69, 9.17) is 35.5 Å². The van der Waals surface area contributed by atoms with Crippen molar-refractivity contribution in [3.8, 4) is 17.2 Å². The average molecular weight is 744 g/mol. The van der Waals surface area contributed by atoms with Gasteiger partial charge in [-0.05, 0) is 40.5 Å². The molecule has 0 unspecified atom stereocenters. The SMILES string of the molecule is N#Cc1cn(C(c2ccccc2)c2ccccc2)c2[nH]c(=O)cc(-c3ccc(Cl)cc3Cl)c12.[C-]#[N+]c1cc(N)n(C(c2ccccc2)c2ccccc2)c1. The van der Waals surface area contributed by atoms with Gasteiger partial charge in [0.15, 0.2) is 0 Å². The van der Waals surface area contributed by atoms with E-state index in [9.17, 15) is 10.1 Å². The molecule has 7 nitrogen and oxygen atoms in total. The van der Waals surface area contributed by atoms with Crippen molar-refractivity contribution in [2.45, 2.75) is 12.1 Å². The molecule has 54 heavy (non-hydrogen) atoms. The van der Waals surface area contributed by atoms with Gasteiger partial charge in [0.1, 0.15) is 11.7 Å². The van der Waals surface area contributed by atoms with Gasteiger partial charge in [-0.2, -0.15) is 5.26 Å². The zero-order valence-electron chi connectivity index (χ0n) is 28.8. The highest BCUT2D eigenvalue weighted by molar-refractivity contribution is 6.36. The zero-order valence-corrected chi connectivity index (χ0v) is 30.3. The molecule has 262 valence electrons. The van der Waals surface area contributed by atoms with Gasteiger partial charge in [-0.1, -0.05) is 151 Å². The molecule has 9 heteroatoms. The molecule has 0 radical (unpaired) electrons. The lowest BCUT2D eigenvalue weighted by Gasteiger charge is -2.22. The van der Waals surface area contributed by atoms with Crippen LogP contribution in [0.4, 0.5) is 11.5 Å². The Bertz CT molecular complexity index is 2610. The predicted octanol–water partition coefficient (Wildman–Crippen LogP) is 11.1. The first-order chi connectivity index (χ1) is 26.4. The second-order valence-corrected chi connectivity index (χ2v) is 13.4. The summed E-state index contributed by atoms with van der Waals surface area (Å²) in [6, 6.07) is 50.7. The molecule has 0 aliphatic heterocycles. The van der Waals surface area contributed by atoms with Gasteiger partial charge in [0.05, 0.1) is 30.0 Å². The number of anilines is 1. The lowest BCUT2D eigenvalue weighted by atomic mass is 9.98. The van der Waals surface area contributed by atoms with Crippen LogP contribution in [0.5, 0.6) is 0 Å². The molecule has 0 fully saturated rings. The lowest BCUT2D eigenvalue weighted by molar-refractivity contribution is 0.692. The molecule has 0 spiro atoms. The minimum atomic E-state index is -0.285. The van der Waals surface area contributed by atoms with E-state index in [2.05, 4.69) is 40.2 Å². The number of pyridine rings is 1. The van der Waals surface area contributed by atoms with Gasteiger partial charge in [-0.3, -0.25) is 4.79 Å². The summed E-state index contributed by atoms with van der Waals surface area (Å²) >= 11 is 12.6. The molecule has 3 heterocycles. The number of hydrogen-bond donors (Lipinski definition) is 2. The second-order valence-electron chi connectivity index (χ2n) is 12.5. The molecule has 5 aromatic carbocycles. The van der Waals surface area contributed by atoms with E-state index in [0.29, 0.717) is 49.3 Å². The largest absolute Gasteiger partial charge is 0.386 e. The van der Waals surface area contributed by atoms with E-state index in [-0.39, 0.29) is 17.6 Å². The van der Waals surface area contributed by atoms with Gasteiger partial charge in [-0.25, -0.2) is 4.85 Å². The Morgan fingerprint density at radius 2 is 1.17 bits per heavy atom. The van der Waals surface area contributed by atoms with Crippen LogP contribution in [-0.4, -0.2) is 14.1 Å². The Hall–Kier alpha value is -6.77. The van der Waals surface area contributed by atoms with Crippen molar-refractivity contribution in [3.63, 3.8) is 0 Å². The summed E-state index contributed by atoms with van der Waals surface area (Å²) in [4.78, 5) is 19.2. The highest BCUT2D eigenvalue weighted by Crippen LogP contribution is 2.39. The van der Waals surface area contributed by atoms with Crippen LogP contribution < -0.4 is 11.3 Å². The minimum absolute atomic E-state index is 0.0251. The number of benzene rings is 5. The standard InChI is InChI=1S/C27H17Cl2N3O.C18H15N3/c28-20-11-12-21(23(29)13-20)22-14-24(33)31-27-25(22)19(15-30)16-32(27)26(17-7-3-1-4-8-17)18-9-5-2-6-10-18;1-20-16-12-17(19)21(13-16)18(14-8-4-2-5-9-14)15-10-6-3-7-11-15/h1-14,16,26H,(H,31,33);2-13,18H,19H2. The zero-order chi connectivity index (χ0) is 37.6. The molecule has 0 saturated carbocycles. The first-order valence-electron chi connectivity index (χ1n) is 17.0. The van der Waals surface area contributed by atoms with Crippen molar-refractivity contribution in [3.05, 3.63) is 224 Å². The van der Waals surface area contributed by atoms with E-state index >= 15 is 0 Å². The summed E-state index contributed by atoms with van der Waals surface area (Å²) in [7, 11) is 0. The molecule has 0 atom stereocenters. The fourth-order valence-electron chi connectivity index (χ4n) is 6.82. The van der Waals surface area contributed by atoms with E-state index in [1.165, 1.54) is 6.07 Å². The first-order valence-corrected chi connectivity index (χ1v) is 17.8.